The Hall–Kier alpha value is -2.75. The Morgan fingerprint density at radius 1 is 1.24 bits per heavy atom. The van der Waals surface area contributed by atoms with E-state index in [9.17, 15) is 13.2 Å². The van der Waals surface area contributed by atoms with E-state index < -0.39 is 11.7 Å². The molecule has 1 aromatic heterocycles. The molecular weight excluding hydrogens is 281 g/mol. The third-order valence-electron chi connectivity index (χ3n) is 2.86. The first kappa shape index (κ1) is 14.7. The molecule has 108 valence electrons. The van der Waals surface area contributed by atoms with Crippen molar-refractivity contribution in [3.8, 4) is 6.07 Å². The molecule has 0 atom stereocenters. The summed E-state index contributed by atoms with van der Waals surface area (Å²) in [7, 11) is 0. The molecule has 0 unspecified atom stereocenters. The van der Waals surface area contributed by atoms with E-state index in [4.69, 9.17) is 11.0 Å². The van der Waals surface area contributed by atoms with Gasteiger partial charge in [-0.05, 0) is 37.3 Å². The van der Waals surface area contributed by atoms with Gasteiger partial charge in [0, 0.05) is 0 Å². The van der Waals surface area contributed by atoms with Gasteiger partial charge in [0.2, 0.25) is 0 Å². The number of rotatable bonds is 2. The van der Waals surface area contributed by atoms with Crippen LogP contribution in [0.4, 0.5) is 30.4 Å². The normalized spacial score (nSPS) is 11.0. The number of benzene rings is 1. The van der Waals surface area contributed by atoms with Crippen molar-refractivity contribution in [1.29, 1.82) is 5.26 Å². The monoisotopic (exact) mass is 292 g/mol. The van der Waals surface area contributed by atoms with Crippen molar-refractivity contribution in [3.63, 3.8) is 0 Å². The number of nitrogens with one attached hydrogen (secondary N) is 1. The lowest BCUT2D eigenvalue weighted by Crippen LogP contribution is -2.06. The minimum atomic E-state index is -4.49. The summed E-state index contributed by atoms with van der Waals surface area (Å²) < 4.78 is 37.8. The molecular formula is C14H11F3N4. The van der Waals surface area contributed by atoms with Gasteiger partial charge in [-0.1, -0.05) is 0 Å². The third kappa shape index (κ3) is 3.23. The number of nitrogens with two attached hydrogens (primary N) is 1. The van der Waals surface area contributed by atoms with Crippen LogP contribution in [0.2, 0.25) is 0 Å². The van der Waals surface area contributed by atoms with Crippen LogP contribution >= 0.6 is 0 Å². The molecule has 0 saturated heterocycles. The zero-order chi connectivity index (χ0) is 15.6. The van der Waals surface area contributed by atoms with Gasteiger partial charge in [-0.15, -0.1) is 0 Å². The predicted molar refractivity (Wildman–Crippen MR) is 72.8 cm³/mol. The number of aromatic nitrogens is 1. The zero-order valence-electron chi connectivity index (χ0n) is 11.0. The molecule has 2 aromatic rings. The number of nitrogen functional groups attached to an aromatic ring is 1. The second kappa shape index (κ2) is 5.32. The SMILES string of the molecule is Cc1nc(Nc2ccc(C(F)(F)F)cc2C#N)ccc1N. The number of hydrogen-bond donors (Lipinski definition) is 2. The summed E-state index contributed by atoms with van der Waals surface area (Å²) >= 11 is 0. The lowest BCUT2D eigenvalue weighted by Gasteiger charge is -2.12. The lowest BCUT2D eigenvalue weighted by molar-refractivity contribution is -0.137. The van der Waals surface area contributed by atoms with Gasteiger partial charge in [0.05, 0.1) is 28.2 Å². The topological polar surface area (TPSA) is 74.7 Å². The molecule has 0 aliphatic heterocycles. The maximum absolute atomic E-state index is 12.6. The Kier molecular flexibility index (Phi) is 3.72. The molecule has 2 rings (SSSR count). The molecule has 0 aliphatic carbocycles. The maximum Gasteiger partial charge on any atom is 0.416 e. The Balaban J connectivity index is 2.36. The summed E-state index contributed by atoms with van der Waals surface area (Å²) in [5, 5.41) is 11.8. The van der Waals surface area contributed by atoms with Crippen LogP contribution < -0.4 is 11.1 Å². The van der Waals surface area contributed by atoms with E-state index in [0.29, 0.717) is 17.2 Å². The van der Waals surface area contributed by atoms with E-state index in [1.54, 1.807) is 25.1 Å². The number of nitrogens with zero attached hydrogens (tertiary/aromatic N) is 2. The fraction of sp³-hybridized carbons (Fsp3) is 0.143. The number of aryl methyl sites for hydroxylation is 1. The number of halogens is 3. The molecule has 0 radical (unpaired) electrons. The van der Waals surface area contributed by atoms with E-state index in [0.717, 1.165) is 12.1 Å². The van der Waals surface area contributed by atoms with Crippen molar-refractivity contribution in [2.75, 3.05) is 11.1 Å². The highest BCUT2D eigenvalue weighted by Crippen LogP contribution is 2.32. The van der Waals surface area contributed by atoms with Gasteiger partial charge in [-0.2, -0.15) is 18.4 Å². The summed E-state index contributed by atoms with van der Waals surface area (Å²) in [5.74, 6) is 0.401. The largest absolute Gasteiger partial charge is 0.416 e. The van der Waals surface area contributed by atoms with Crippen LogP contribution in [-0.4, -0.2) is 4.98 Å². The van der Waals surface area contributed by atoms with Gasteiger partial charge in [0.1, 0.15) is 11.9 Å². The van der Waals surface area contributed by atoms with Gasteiger partial charge in [0.15, 0.2) is 0 Å². The van der Waals surface area contributed by atoms with Crippen LogP contribution in [0.15, 0.2) is 30.3 Å². The van der Waals surface area contributed by atoms with E-state index in [1.165, 1.54) is 6.07 Å². The lowest BCUT2D eigenvalue weighted by atomic mass is 10.1. The Bertz CT molecular complexity index is 717. The standard InChI is InChI=1S/C14H11F3N4/c1-8-11(19)3-5-13(20-8)21-12-4-2-10(14(15,16)17)6-9(12)7-18/h2-6H,19H2,1H3,(H,20,21). The van der Waals surface area contributed by atoms with Crippen LogP contribution in [0.3, 0.4) is 0 Å². The van der Waals surface area contributed by atoms with E-state index in [-0.39, 0.29) is 11.3 Å². The van der Waals surface area contributed by atoms with Crippen molar-refractivity contribution >= 4 is 17.2 Å². The smallest absolute Gasteiger partial charge is 0.397 e. The summed E-state index contributed by atoms with van der Waals surface area (Å²) in [5.41, 5.74) is 6.01. The van der Waals surface area contributed by atoms with E-state index in [2.05, 4.69) is 10.3 Å². The van der Waals surface area contributed by atoms with Crippen molar-refractivity contribution in [3.05, 3.63) is 47.2 Å². The number of hydrogen-bond acceptors (Lipinski definition) is 4. The fourth-order valence-electron chi connectivity index (χ4n) is 1.70. The third-order valence-corrected chi connectivity index (χ3v) is 2.86. The van der Waals surface area contributed by atoms with Crippen LogP contribution in [-0.2, 0) is 6.18 Å². The second-order valence-corrected chi connectivity index (χ2v) is 4.37. The molecule has 0 amide bonds. The first-order valence-electron chi connectivity index (χ1n) is 5.93. The van der Waals surface area contributed by atoms with E-state index in [1.807, 2.05) is 0 Å². The Labute approximate surface area is 119 Å². The molecule has 1 aromatic carbocycles. The van der Waals surface area contributed by atoms with Crippen LogP contribution in [0, 0.1) is 18.3 Å². The molecule has 0 aliphatic rings. The average molecular weight is 292 g/mol. The number of nitriles is 1. The molecule has 0 spiro atoms. The number of alkyl halides is 3. The van der Waals surface area contributed by atoms with Crippen molar-refractivity contribution in [1.82, 2.24) is 4.98 Å². The van der Waals surface area contributed by atoms with E-state index >= 15 is 0 Å². The first-order valence-corrected chi connectivity index (χ1v) is 5.93. The molecule has 4 nitrogen and oxygen atoms in total. The van der Waals surface area contributed by atoms with Crippen LogP contribution in [0.1, 0.15) is 16.8 Å². The van der Waals surface area contributed by atoms with Crippen LogP contribution in [0.25, 0.3) is 0 Å². The highest BCUT2D eigenvalue weighted by atomic mass is 19.4. The van der Waals surface area contributed by atoms with Gasteiger partial charge in [0.25, 0.3) is 0 Å². The molecule has 3 N–H and O–H groups in total. The average Bonchev–Trinajstić information content (AvgIpc) is 2.42. The van der Waals surface area contributed by atoms with Crippen molar-refractivity contribution in [2.24, 2.45) is 0 Å². The fourth-order valence-corrected chi connectivity index (χ4v) is 1.70. The molecule has 1 heterocycles. The van der Waals surface area contributed by atoms with Gasteiger partial charge in [-0.25, -0.2) is 4.98 Å². The molecule has 7 heteroatoms. The summed E-state index contributed by atoms with van der Waals surface area (Å²) in [6.45, 7) is 1.71. The quantitative estimate of drug-likeness (QED) is 0.886. The van der Waals surface area contributed by atoms with Crippen LogP contribution in [0.5, 0.6) is 0 Å². The molecule has 21 heavy (non-hydrogen) atoms. The Morgan fingerprint density at radius 3 is 2.52 bits per heavy atom. The summed E-state index contributed by atoms with van der Waals surface area (Å²) in [4.78, 5) is 4.15. The van der Waals surface area contributed by atoms with Gasteiger partial charge < -0.3 is 11.1 Å². The maximum atomic E-state index is 12.6. The molecule has 0 saturated carbocycles. The second-order valence-electron chi connectivity index (χ2n) is 4.37. The summed E-state index contributed by atoms with van der Waals surface area (Å²) in [6.07, 6.45) is -4.49. The Morgan fingerprint density at radius 2 is 1.95 bits per heavy atom. The minimum absolute atomic E-state index is 0.110. The van der Waals surface area contributed by atoms with Crippen molar-refractivity contribution < 1.29 is 13.2 Å². The number of pyridine rings is 1. The first-order chi connectivity index (χ1) is 9.81. The highest BCUT2D eigenvalue weighted by molar-refractivity contribution is 5.66. The molecule has 0 bridgehead atoms. The minimum Gasteiger partial charge on any atom is -0.397 e. The summed E-state index contributed by atoms with van der Waals surface area (Å²) in [6, 6.07) is 7.86. The zero-order valence-corrected chi connectivity index (χ0v) is 11.0. The van der Waals surface area contributed by atoms with Crippen molar-refractivity contribution in [2.45, 2.75) is 13.1 Å². The van der Waals surface area contributed by atoms with Gasteiger partial charge >= 0.3 is 6.18 Å². The van der Waals surface area contributed by atoms with Gasteiger partial charge in [-0.3, -0.25) is 0 Å². The molecule has 0 fully saturated rings. The predicted octanol–water partition coefficient (Wildman–Crippen LogP) is 3.61. The highest BCUT2D eigenvalue weighted by Gasteiger charge is 2.31. The number of anilines is 3.